The molecule has 144 valence electrons. The summed E-state index contributed by atoms with van der Waals surface area (Å²) in [4.78, 5) is -0.00274. The van der Waals surface area contributed by atoms with Gasteiger partial charge < -0.3 is 19.4 Å². The Hall–Kier alpha value is -2.85. The van der Waals surface area contributed by atoms with Gasteiger partial charge in [-0.25, -0.2) is 0 Å². The highest BCUT2D eigenvalue weighted by Crippen LogP contribution is 2.31. The van der Waals surface area contributed by atoms with E-state index in [1.807, 2.05) is 0 Å². The van der Waals surface area contributed by atoms with Crippen molar-refractivity contribution >= 4 is 33.7 Å². The van der Waals surface area contributed by atoms with Crippen LogP contribution in [0.1, 0.15) is 12.5 Å². The molecule has 2 aromatic carbocycles. The molecule has 27 heavy (non-hydrogen) atoms. The van der Waals surface area contributed by atoms with Crippen molar-refractivity contribution in [2.75, 3.05) is 13.7 Å². The summed E-state index contributed by atoms with van der Waals surface area (Å²) in [7, 11) is -2.54. The molecule has 8 nitrogen and oxygen atoms in total. The van der Waals surface area contributed by atoms with Crippen LogP contribution in [-0.2, 0) is 10.1 Å². The van der Waals surface area contributed by atoms with Crippen molar-refractivity contribution in [2.24, 2.45) is 10.8 Å². The Bertz CT molecular complexity index is 928. The maximum Gasteiger partial charge on any atom is 0.339 e. The minimum Gasteiger partial charge on any atom is -0.497 e. The monoisotopic (exact) mass is 409 g/mol. The molecule has 0 aliphatic carbocycles. The lowest BCUT2D eigenvalue weighted by molar-refractivity contribution is 0.327. The third-order valence-corrected chi connectivity index (χ3v) is 4.54. The number of benzene rings is 2. The third kappa shape index (κ3) is 5.83. The van der Waals surface area contributed by atoms with Crippen LogP contribution in [0.25, 0.3) is 0 Å². The Labute approximate surface area is 163 Å². The molecule has 10 heteroatoms. The van der Waals surface area contributed by atoms with Crippen molar-refractivity contribution in [2.45, 2.75) is 11.8 Å². The molecule has 0 unspecified atom stereocenters. The quantitative estimate of drug-likeness (QED) is 0.295. The molecular weight excluding hydrogens is 390 g/mol. The highest BCUT2D eigenvalue weighted by atomic mass is 32.2. The standard InChI is InChI=1S/C17H19N3O5S2/c1-3-24-16-10-12(11-19-20-17(18)26)4-9-15(16)25-27(21,22)14-7-5-13(23-2)6-8-14/h4-11H,3H2,1-2H3,(H3,18,20,26)/b19-11+. The molecule has 0 spiro atoms. The van der Waals surface area contributed by atoms with Crippen LogP contribution in [0, 0.1) is 0 Å². The number of nitrogens with two attached hydrogens (primary N) is 1. The number of nitrogens with one attached hydrogen (secondary N) is 1. The average Bonchev–Trinajstić information content (AvgIpc) is 2.63. The molecule has 0 aliphatic rings. The van der Waals surface area contributed by atoms with E-state index in [4.69, 9.17) is 19.4 Å². The number of methoxy groups -OCH3 is 1. The normalized spacial score (nSPS) is 11.2. The van der Waals surface area contributed by atoms with E-state index >= 15 is 0 Å². The Morgan fingerprint density at radius 2 is 1.93 bits per heavy atom. The summed E-state index contributed by atoms with van der Waals surface area (Å²) < 4.78 is 40.8. The number of nitrogens with zero attached hydrogens (tertiary/aromatic N) is 1. The van der Waals surface area contributed by atoms with Gasteiger partial charge in [0.05, 0.1) is 19.9 Å². The smallest absolute Gasteiger partial charge is 0.339 e. The van der Waals surface area contributed by atoms with Crippen LogP contribution in [0.15, 0.2) is 52.5 Å². The lowest BCUT2D eigenvalue weighted by Crippen LogP contribution is -2.23. The van der Waals surface area contributed by atoms with Crippen LogP contribution in [-0.4, -0.2) is 33.5 Å². The Kier molecular flexibility index (Phi) is 6.97. The van der Waals surface area contributed by atoms with E-state index in [1.54, 1.807) is 19.1 Å². The number of hydrogen-bond acceptors (Lipinski definition) is 7. The van der Waals surface area contributed by atoms with E-state index in [-0.39, 0.29) is 21.5 Å². The molecule has 3 N–H and O–H groups in total. The van der Waals surface area contributed by atoms with Gasteiger partial charge in [0.15, 0.2) is 16.6 Å². The molecule has 0 heterocycles. The molecule has 0 saturated heterocycles. The first-order chi connectivity index (χ1) is 12.9. The van der Waals surface area contributed by atoms with E-state index in [0.717, 1.165) is 0 Å². The fourth-order valence-electron chi connectivity index (χ4n) is 2.02. The van der Waals surface area contributed by atoms with Crippen LogP contribution < -0.4 is 24.8 Å². The Balaban J connectivity index is 2.27. The zero-order chi connectivity index (χ0) is 19.9. The number of thiocarbonyl (C=S) groups is 1. The van der Waals surface area contributed by atoms with Crippen LogP contribution >= 0.6 is 12.2 Å². The van der Waals surface area contributed by atoms with Gasteiger partial charge in [0.1, 0.15) is 10.6 Å². The second-order valence-corrected chi connectivity index (χ2v) is 7.07. The Morgan fingerprint density at radius 1 is 1.22 bits per heavy atom. The summed E-state index contributed by atoms with van der Waals surface area (Å²) in [5.74, 6) is 0.860. The summed E-state index contributed by atoms with van der Waals surface area (Å²) in [6.07, 6.45) is 1.46. The van der Waals surface area contributed by atoms with Gasteiger partial charge in [-0.2, -0.15) is 13.5 Å². The summed E-state index contributed by atoms with van der Waals surface area (Å²) in [5.41, 5.74) is 8.35. The van der Waals surface area contributed by atoms with Crippen molar-refractivity contribution in [3.8, 4) is 17.2 Å². The highest BCUT2D eigenvalue weighted by Gasteiger charge is 2.19. The number of ether oxygens (including phenoxy) is 2. The van der Waals surface area contributed by atoms with E-state index in [9.17, 15) is 8.42 Å². The predicted molar refractivity (Wildman–Crippen MR) is 106 cm³/mol. The van der Waals surface area contributed by atoms with Crippen molar-refractivity contribution < 1.29 is 22.1 Å². The largest absolute Gasteiger partial charge is 0.497 e. The van der Waals surface area contributed by atoms with Gasteiger partial charge >= 0.3 is 10.1 Å². The van der Waals surface area contributed by atoms with E-state index in [1.165, 1.54) is 43.7 Å². The summed E-state index contributed by atoms with van der Waals surface area (Å²) in [6, 6.07) is 10.6. The minimum absolute atomic E-state index is 0.00274. The number of hydrazone groups is 1. The molecular formula is C17H19N3O5S2. The molecule has 0 radical (unpaired) electrons. The fraction of sp³-hybridized carbons (Fsp3) is 0.176. The topological polar surface area (TPSA) is 112 Å². The molecule has 0 saturated carbocycles. The summed E-state index contributed by atoms with van der Waals surface area (Å²) in [6.45, 7) is 2.10. The number of rotatable bonds is 8. The van der Waals surface area contributed by atoms with Gasteiger partial charge in [-0.15, -0.1) is 0 Å². The maximum absolute atomic E-state index is 12.5. The number of hydrogen-bond donors (Lipinski definition) is 2. The zero-order valence-electron chi connectivity index (χ0n) is 14.7. The van der Waals surface area contributed by atoms with Crippen LogP contribution in [0.3, 0.4) is 0 Å². The van der Waals surface area contributed by atoms with Gasteiger partial charge in [0.25, 0.3) is 0 Å². The molecule has 0 aromatic heterocycles. The zero-order valence-corrected chi connectivity index (χ0v) is 16.3. The molecule has 0 atom stereocenters. The third-order valence-electron chi connectivity index (χ3n) is 3.20. The van der Waals surface area contributed by atoms with E-state index < -0.39 is 10.1 Å². The minimum atomic E-state index is -4.04. The first kappa shape index (κ1) is 20.5. The Morgan fingerprint density at radius 3 is 2.52 bits per heavy atom. The molecule has 0 bridgehead atoms. The molecule has 2 rings (SSSR count). The van der Waals surface area contributed by atoms with Gasteiger partial charge in [-0.1, -0.05) is 0 Å². The average molecular weight is 409 g/mol. The molecule has 0 amide bonds. The molecule has 2 aromatic rings. The molecule has 0 fully saturated rings. The predicted octanol–water partition coefficient (Wildman–Crippen LogP) is 2.03. The molecule has 0 aliphatic heterocycles. The van der Waals surface area contributed by atoms with Crippen molar-refractivity contribution in [1.82, 2.24) is 5.43 Å². The first-order valence-corrected chi connectivity index (χ1v) is 9.61. The second-order valence-electron chi connectivity index (χ2n) is 5.09. The van der Waals surface area contributed by atoms with Gasteiger partial charge in [-0.05, 0) is 67.2 Å². The van der Waals surface area contributed by atoms with E-state index in [0.29, 0.717) is 17.9 Å². The van der Waals surface area contributed by atoms with Crippen LogP contribution in [0.2, 0.25) is 0 Å². The summed E-state index contributed by atoms with van der Waals surface area (Å²) in [5, 5.41) is 3.87. The van der Waals surface area contributed by atoms with Crippen molar-refractivity contribution in [3.05, 3.63) is 48.0 Å². The van der Waals surface area contributed by atoms with Gasteiger partial charge in [0.2, 0.25) is 0 Å². The maximum atomic E-state index is 12.5. The highest BCUT2D eigenvalue weighted by molar-refractivity contribution is 7.87. The summed E-state index contributed by atoms with van der Waals surface area (Å²) >= 11 is 4.65. The lowest BCUT2D eigenvalue weighted by Gasteiger charge is -2.12. The SMILES string of the molecule is CCOc1cc(/C=N/NC(N)=S)ccc1OS(=O)(=O)c1ccc(OC)cc1. The van der Waals surface area contributed by atoms with Crippen LogP contribution in [0.5, 0.6) is 17.2 Å². The van der Waals surface area contributed by atoms with Crippen LogP contribution in [0.4, 0.5) is 0 Å². The first-order valence-electron chi connectivity index (χ1n) is 7.79. The fourth-order valence-corrected chi connectivity index (χ4v) is 3.01. The van der Waals surface area contributed by atoms with Crippen molar-refractivity contribution in [1.29, 1.82) is 0 Å². The second kappa shape index (κ2) is 9.19. The van der Waals surface area contributed by atoms with Gasteiger partial charge in [-0.3, -0.25) is 5.43 Å². The van der Waals surface area contributed by atoms with Gasteiger partial charge in [0, 0.05) is 0 Å². The lowest BCUT2D eigenvalue weighted by atomic mass is 10.2. The van der Waals surface area contributed by atoms with Crippen molar-refractivity contribution in [3.63, 3.8) is 0 Å². The van der Waals surface area contributed by atoms with E-state index in [2.05, 4.69) is 22.7 Å².